The molecule has 5 nitrogen and oxygen atoms in total. The minimum absolute atomic E-state index is 0.648. The van der Waals surface area contributed by atoms with Gasteiger partial charge in [-0.25, -0.2) is 8.89 Å². The summed E-state index contributed by atoms with van der Waals surface area (Å²) in [5.74, 6) is 1.40. The number of aromatic nitrogens is 3. The lowest BCUT2D eigenvalue weighted by Gasteiger charge is -2.06. The van der Waals surface area contributed by atoms with Gasteiger partial charge in [-0.05, 0) is 55.0 Å². The Balaban J connectivity index is 1.46. The number of benzene rings is 1. The molecule has 2 aromatic heterocycles. The molecule has 0 saturated heterocycles. The number of rotatable bonds is 8. The van der Waals surface area contributed by atoms with Crippen molar-refractivity contribution < 1.29 is 4.21 Å². The van der Waals surface area contributed by atoms with Crippen LogP contribution in [0.3, 0.4) is 0 Å². The maximum Gasteiger partial charge on any atom is 0.117 e. The molecule has 140 valence electrons. The second kappa shape index (κ2) is 8.05. The van der Waals surface area contributed by atoms with E-state index in [1.165, 1.54) is 12.8 Å². The summed E-state index contributed by atoms with van der Waals surface area (Å²) in [6.07, 6.45) is 10.2. The third kappa shape index (κ3) is 4.63. The summed E-state index contributed by atoms with van der Waals surface area (Å²) in [5.41, 5.74) is 5.13. The van der Waals surface area contributed by atoms with Crippen molar-refractivity contribution in [3.63, 3.8) is 0 Å². The van der Waals surface area contributed by atoms with Gasteiger partial charge < -0.3 is 4.72 Å². The lowest BCUT2D eigenvalue weighted by Crippen LogP contribution is -2.09. The Morgan fingerprint density at radius 3 is 2.74 bits per heavy atom. The van der Waals surface area contributed by atoms with E-state index < -0.39 is 11.0 Å². The van der Waals surface area contributed by atoms with Crippen molar-refractivity contribution in [1.82, 2.24) is 14.8 Å². The van der Waals surface area contributed by atoms with E-state index in [0.717, 1.165) is 46.8 Å². The topological polar surface area (TPSA) is 59.8 Å². The molecule has 1 unspecified atom stereocenters. The van der Waals surface area contributed by atoms with Gasteiger partial charge in [-0.2, -0.15) is 5.10 Å². The van der Waals surface area contributed by atoms with Crippen molar-refractivity contribution in [2.24, 2.45) is 5.92 Å². The predicted octanol–water partition coefficient (Wildman–Crippen LogP) is 4.37. The molecule has 1 N–H and O–H groups in total. The summed E-state index contributed by atoms with van der Waals surface area (Å²) in [4.78, 5) is 4.40. The first-order valence-electron chi connectivity index (χ1n) is 9.46. The maximum atomic E-state index is 12.0. The lowest BCUT2D eigenvalue weighted by molar-refractivity contribution is 0.683. The summed E-state index contributed by atoms with van der Waals surface area (Å²) in [5, 5.41) is 4.50. The Bertz CT molecular complexity index is 931. The fourth-order valence-electron chi connectivity index (χ4n) is 3.02. The van der Waals surface area contributed by atoms with Crippen LogP contribution >= 0.6 is 0 Å². The monoisotopic (exact) mass is 380 g/mol. The van der Waals surface area contributed by atoms with Crippen LogP contribution in [0.15, 0.2) is 55.0 Å². The third-order valence-electron chi connectivity index (χ3n) is 4.69. The molecule has 6 heteroatoms. The molecule has 27 heavy (non-hydrogen) atoms. The normalized spacial score (nSPS) is 14.9. The van der Waals surface area contributed by atoms with Crippen LogP contribution in [-0.4, -0.2) is 24.7 Å². The van der Waals surface area contributed by atoms with Crippen LogP contribution in [0.5, 0.6) is 0 Å². The molecular weight excluding hydrogens is 356 g/mol. The molecule has 1 aliphatic rings. The van der Waals surface area contributed by atoms with Crippen molar-refractivity contribution in [2.45, 2.75) is 32.6 Å². The van der Waals surface area contributed by atoms with E-state index in [4.69, 9.17) is 0 Å². The van der Waals surface area contributed by atoms with Crippen molar-refractivity contribution in [1.29, 1.82) is 0 Å². The van der Waals surface area contributed by atoms with Gasteiger partial charge in [-0.3, -0.25) is 4.98 Å². The van der Waals surface area contributed by atoms with Crippen LogP contribution in [-0.2, 0) is 17.4 Å². The van der Waals surface area contributed by atoms with Crippen LogP contribution < -0.4 is 4.72 Å². The quantitative estimate of drug-likeness (QED) is 0.631. The molecule has 0 aliphatic heterocycles. The standard InChI is InChI=1S/C21H24N4OS/c1-2-3-20-12-21(10-11-22-20)25-14-18(13-23-25)17-6-8-19(9-7-17)24-27(26)15-16-4-5-16/h6-14,16,24H,2-5,15H2,1H3. The van der Waals surface area contributed by atoms with Crippen molar-refractivity contribution in [2.75, 3.05) is 10.5 Å². The molecule has 3 aromatic rings. The summed E-state index contributed by atoms with van der Waals surface area (Å²) >= 11 is 0. The first-order chi connectivity index (χ1) is 13.2. The maximum absolute atomic E-state index is 12.0. The number of pyridine rings is 1. The highest BCUT2D eigenvalue weighted by molar-refractivity contribution is 7.86. The number of nitrogens with zero attached hydrogens (tertiary/aromatic N) is 3. The molecule has 0 radical (unpaired) electrons. The lowest BCUT2D eigenvalue weighted by atomic mass is 10.1. The first kappa shape index (κ1) is 17.9. The van der Waals surface area contributed by atoms with Gasteiger partial charge in [0, 0.05) is 35.1 Å². The molecule has 0 spiro atoms. The van der Waals surface area contributed by atoms with Gasteiger partial charge >= 0.3 is 0 Å². The van der Waals surface area contributed by atoms with Gasteiger partial charge in [-0.15, -0.1) is 0 Å². The van der Waals surface area contributed by atoms with Gasteiger partial charge in [0.2, 0.25) is 0 Å². The zero-order chi connectivity index (χ0) is 18.6. The van der Waals surface area contributed by atoms with E-state index in [1.807, 2.05) is 53.6 Å². The Kier molecular flexibility index (Phi) is 5.34. The smallest absolute Gasteiger partial charge is 0.117 e. The van der Waals surface area contributed by atoms with E-state index in [2.05, 4.69) is 27.8 Å². The van der Waals surface area contributed by atoms with Crippen LogP contribution in [0.4, 0.5) is 5.69 Å². The molecule has 1 saturated carbocycles. The molecule has 1 aliphatic carbocycles. The van der Waals surface area contributed by atoms with Crippen LogP contribution in [0.1, 0.15) is 31.9 Å². The second-order valence-corrected chi connectivity index (χ2v) is 8.29. The first-order valence-corrected chi connectivity index (χ1v) is 10.8. The van der Waals surface area contributed by atoms with Crippen LogP contribution in [0, 0.1) is 5.92 Å². The van der Waals surface area contributed by atoms with Gasteiger partial charge in [-0.1, -0.05) is 25.5 Å². The highest BCUT2D eigenvalue weighted by Gasteiger charge is 2.23. The van der Waals surface area contributed by atoms with Crippen molar-refractivity contribution in [3.8, 4) is 16.8 Å². The molecule has 0 bridgehead atoms. The fourth-order valence-corrected chi connectivity index (χ4v) is 4.26. The Labute approximate surface area is 162 Å². The zero-order valence-electron chi connectivity index (χ0n) is 15.5. The van der Waals surface area contributed by atoms with E-state index in [-0.39, 0.29) is 0 Å². The highest BCUT2D eigenvalue weighted by atomic mass is 32.2. The summed E-state index contributed by atoms with van der Waals surface area (Å²) in [7, 11) is -0.987. The minimum Gasteiger partial charge on any atom is -0.305 e. The van der Waals surface area contributed by atoms with Gasteiger partial charge in [0.05, 0.1) is 11.9 Å². The number of hydrogen-bond acceptors (Lipinski definition) is 3. The Morgan fingerprint density at radius 2 is 2.00 bits per heavy atom. The van der Waals surface area contributed by atoms with Gasteiger partial charge in [0.15, 0.2) is 0 Å². The summed E-state index contributed by atoms with van der Waals surface area (Å²) in [6.45, 7) is 2.15. The second-order valence-electron chi connectivity index (χ2n) is 7.06. The molecule has 1 fully saturated rings. The van der Waals surface area contributed by atoms with E-state index in [0.29, 0.717) is 5.92 Å². The number of hydrogen-bond donors (Lipinski definition) is 1. The summed E-state index contributed by atoms with van der Waals surface area (Å²) < 4.78 is 17.0. The number of anilines is 1. The molecule has 4 rings (SSSR count). The number of nitrogens with one attached hydrogen (secondary N) is 1. The predicted molar refractivity (Wildman–Crippen MR) is 110 cm³/mol. The molecule has 1 atom stereocenters. The van der Waals surface area contributed by atoms with Gasteiger partial charge in [0.25, 0.3) is 0 Å². The van der Waals surface area contributed by atoms with Gasteiger partial charge in [0.1, 0.15) is 11.0 Å². The Hall–Kier alpha value is -2.47. The molecule has 0 amide bonds. The van der Waals surface area contributed by atoms with Crippen molar-refractivity contribution >= 4 is 16.7 Å². The highest BCUT2D eigenvalue weighted by Crippen LogP contribution is 2.30. The van der Waals surface area contributed by atoms with Crippen LogP contribution in [0.25, 0.3) is 16.8 Å². The SMILES string of the molecule is CCCc1cc(-n2cc(-c3ccc(NS(=O)CC4CC4)cc3)cn2)ccn1. The minimum atomic E-state index is -0.987. The fraction of sp³-hybridized carbons (Fsp3) is 0.333. The average Bonchev–Trinajstić information content (AvgIpc) is 3.34. The number of aryl methyl sites for hydroxylation is 1. The average molecular weight is 381 g/mol. The Morgan fingerprint density at radius 1 is 1.19 bits per heavy atom. The van der Waals surface area contributed by atoms with Crippen LogP contribution in [0.2, 0.25) is 0 Å². The van der Waals surface area contributed by atoms with E-state index >= 15 is 0 Å². The molecule has 2 heterocycles. The third-order valence-corrected chi connectivity index (χ3v) is 5.92. The zero-order valence-corrected chi connectivity index (χ0v) is 16.3. The summed E-state index contributed by atoms with van der Waals surface area (Å²) in [6, 6.07) is 12.1. The van der Waals surface area contributed by atoms with E-state index in [1.54, 1.807) is 0 Å². The van der Waals surface area contributed by atoms with E-state index in [9.17, 15) is 4.21 Å². The van der Waals surface area contributed by atoms with Crippen molar-refractivity contribution in [3.05, 3.63) is 60.7 Å². The molecular formula is C21H24N4OS. The largest absolute Gasteiger partial charge is 0.305 e. The molecule has 1 aromatic carbocycles.